The van der Waals surface area contributed by atoms with Crippen LogP contribution in [-0.2, 0) is 20.4 Å². The van der Waals surface area contributed by atoms with Gasteiger partial charge in [0.1, 0.15) is 12.6 Å². The van der Waals surface area contributed by atoms with Crippen LogP contribution in [0.5, 0.6) is 0 Å². The quantitative estimate of drug-likeness (QED) is 0.199. The van der Waals surface area contributed by atoms with E-state index in [9.17, 15) is 13.8 Å². The molecule has 1 unspecified atom stereocenters. The van der Waals surface area contributed by atoms with Crippen molar-refractivity contribution in [1.29, 1.82) is 0 Å². The first kappa shape index (κ1) is 91.3. The number of aldehydes is 2. The zero-order valence-electron chi connectivity index (χ0n) is 43.3. The number of quaternary nitrogens is 1. The fraction of sp³-hybridized carbons (Fsp3) is 0.560. The van der Waals surface area contributed by atoms with Crippen molar-refractivity contribution in [3.05, 3.63) is 101 Å². The lowest BCUT2D eigenvalue weighted by Gasteiger charge is -1.96. The van der Waals surface area contributed by atoms with E-state index in [0.717, 1.165) is 35.1 Å². The molecule has 0 heterocycles. The van der Waals surface area contributed by atoms with Crippen LogP contribution in [0.4, 0.5) is 0 Å². The minimum atomic E-state index is -0.863. The Morgan fingerprint density at radius 1 is 0.593 bits per heavy atom. The topological polar surface area (TPSA) is 133 Å². The van der Waals surface area contributed by atoms with Crippen LogP contribution in [0.2, 0.25) is 0 Å². The van der Waals surface area contributed by atoms with Gasteiger partial charge >= 0.3 is 5.97 Å². The molecule has 3 aromatic carbocycles. The van der Waals surface area contributed by atoms with Crippen LogP contribution >= 0.6 is 0 Å². The number of carbonyl (C=O) groups excluding carboxylic acids is 3. The standard InChI is InChI=1S/C8H8O2.C8H10OS.C8H8O.2C3H8.C2H7N.2C2H4O.7C2H6.ClH/c1-6-4-2-3-5-7(6)8(9)10;1-7-3-5-8(6-4-7)10(2)9;1-7(9)8-5-3-2-4-6-8;2*1-3-2;3*1-2-3;7*1-2;/h2-5H,1H3,(H,9,10);3-6H,1-2H3;2-6H,1H3;2*3H2,1-2H3;2-3H2,1H3;2*2H,1H3;7*1-2H3;1H. The van der Waals surface area contributed by atoms with E-state index in [4.69, 9.17) is 14.7 Å². The van der Waals surface area contributed by atoms with Gasteiger partial charge in [0.25, 0.3) is 0 Å². The van der Waals surface area contributed by atoms with E-state index in [1.54, 1.807) is 38.3 Å². The Balaban J connectivity index is -0.0000000372. The van der Waals surface area contributed by atoms with E-state index in [-0.39, 0.29) is 18.2 Å². The van der Waals surface area contributed by atoms with E-state index < -0.39 is 16.8 Å². The molecule has 0 aromatic heterocycles. The maximum absolute atomic E-state index is 10.9. The molecule has 0 fully saturated rings. The molecule has 0 radical (unpaired) electrons. The van der Waals surface area contributed by atoms with E-state index in [0.29, 0.717) is 5.56 Å². The number of carboxylic acid groups (broad SMARTS) is 1. The van der Waals surface area contributed by atoms with Crippen molar-refractivity contribution in [2.45, 2.75) is 184 Å². The summed E-state index contributed by atoms with van der Waals surface area (Å²) in [5, 5.41) is 8.57. The summed E-state index contributed by atoms with van der Waals surface area (Å²) in [6.45, 7) is 47.8. The van der Waals surface area contributed by atoms with Gasteiger partial charge < -0.3 is 32.8 Å². The highest BCUT2D eigenvalue weighted by Gasteiger charge is 2.03. The number of hydrogen-bond donors (Lipinski definition) is 2. The van der Waals surface area contributed by atoms with Crippen LogP contribution in [0.3, 0.4) is 0 Å². The largest absolute Gasteiger partial charge is 1.00 e. The lowest BCUT2D eigenvalue weighted by molar-refractivity contribution is -0.361. The van der Waals surface area contributed by atoms with Crippen LogP contribution in [0.15, 0.2) is 83.8 Å². The van der Waals surface area contributed by atoms with Gasteiger partial charge in [0.05, 0.1) is 12.1 Å². The number of benzene rings is 3. The van der Waals surface area contributed by atoms with Crippen molar-refractivity contribution in [3.63, 3.8) is 0 Å². The molecule has 0 aliphatic rings. The fourth-order valence-corrected chi connectivity index (χ4v) is 2.73. The smallest absolute Gasteiger partial charge is 0.335 e. The van der Waals surface area contributed by atoms with E-state index >= 15 is 0 Å². The van der Waals surface area contributed by atoms with Crippen LogP contribution in [0, 0.1) is 13.8 Å². The van der Waals surface area contributed by atoms with Gasteiger partial charge in [-0.25, -0.2) is 4.79 Å². The second kappa shape index (κ2) is 105. The molecule has 59 heavy (non-hydrogen) atoms. The lowest BCUT2D eigenvalue weighted by atomic mass is 10.1. The third-order valence-electron chi connectivity index (χ3n) is 3.91. The summed E-state index contributed by atoms with van der Waals surface area (Å²) in [6, 6.07) is 23.9. The molecule has 1 atom stereocenters. The minimum absolute atomic E-state index is 0. The minimum Gasteiger partial charge on any atom is -1.00 e. The van der Waals surface area contributed by atoms with Crippen LogP contribution in [0.1, 0.15) is 197 Å². The van der Waals surface area contributed by atoms with Crippen molar-refractivity contribution < 1.29 is 46.6 Å². The number of aromatic carboxylic acids is 1. The van der Waals surface area contributed by atoms with Crippen molar-refractivity contribution in [3.8, 4) is 0 Å². The fourth-order valence-electron chi connectivity index (χ4n) is 2.22. The predicted molar refractivity (Wildman–Crippen MR) is 266 cm³/mol. The summed E-state index contributed by atoms with van der Waals surface area (Å²) in [4.78, 5) is 39.6. The summed E-state index contributed by atoms with van der Waals surface area (Å²) in [7, 11) is -0.837. The molecule has 0 amide bonds. The van der Waals surface area contributed by atoms with Gasteiger partial charge in [0.15, 0.2) is 5.78 Å². The Labute approximate surface area is 378 Å². The molecular formula is C50H100ClNO6S. The van der Waals surface area contributed by atoms with Gasteiger partial charge in [0, 0.05) is 27.5 Å². The van der Waals surface area contributed by atoms with E-state index in [2.05, 4.69) is 33.4 Å². The molecule has 354 valence electrons. The molecule has 7 nitrogen and oxygen atoms in total. The molecule has 9 heteroatoms. The second-order valence-electron chi connectivity index (χ2n) is 8.70. The zero-order valence-corrected chi connectivity index (χ0v) is 44.8. The summed E-state index contributed by atoms with van der Waals surface area (Å²) in [6.07, 6.45) is 5.69. The highest BCUT2D eigenvalue weighted by molar-refractivity contribution is 7.84. The number of halogens is 1. The first-order chi connectivity index (χ1) is 27.8. The van der Waals surface area contributed by atoms with Crippen molar-refractivity contribution in [2.75, 3.05) is 12.8 Å². The van der Waals surface area contributed by atoms with Crippen LogP contribution in [-0.4, -0.2) is 46.4 Å². The Morgan fingerprint density at radius 2 is 0.847 bits per heavy atom. The van der Waals surface area contributed by atoms with Crippen molar-refractivity contribution >= 4 is 35.1 Å². The van der Waals surface area contributed by atoms with Gasteiger partial charge in [-0.2, -0.15) is 0 Å². The molecule has 0 bridgehead atoms. The van der Waals surface area contributed by atoms with Crippen LogP contribution in [0.25, 0.3) is 0 Å². The van der Waals surface area contributed by atoms with E-state index in [1.807, 2.05) is 171 Å². The molecule has 0 saturated heterocycles. The number of rotatable bonds is 3. The molecular weight excluding hydrogens is 778 g/mol. The van der Waals surface area contributed by atoms with Gasteiger partial charge in [-0.05, 0) is 65.3 Å². The second-order valence-corrected chi connectivity index (χ2v) is 10.1. The van der Waals surface area contributed by atoms with Gasteiger partial charge in [-0.1, -0.05) is 204 Å². The lowest BCUT2D eigenvalue weighted by Crippen LogP contribution is -3.00. The zero-order chi connectivity index (χ0) is 49.3. The Kier molecular flexibility index (Phi) is 163. The average molecular weight is 879 g/mol. The number of carbonyl (C=O) groups is 4. The Hall–Kier alpha value is -3.46. The highest BCUT2D eigenvalue weighted by atomic mass is 35.5. The number of aryl methyl sites for hydroxylation is 2. The molecule has 0 saturated carbocycles. The number of hydrogen-bond acceptors (Lipinski definition) is 5. The third kappa shape index (κ3) is 107. The van der Waals surface area contributed by atoms with Gasteiger partial charge in [-0.3, -0.25) is 9.00 Å². The average Bonchev–Trinajstić information content (AvgIpc) is 3.25. The Morgan fingerprint density at radius 3 is 1.03 bits per heavy atom. The van der Waals surface area contributed by atoms with Gasteiger partial charge in [0.2, 0.25) is 0 Å². The molecule has 3 aromatic rings. The third-order valence-corrected chi connectivity index (χ3v) is 4.84. The summed E-state index contributed by atoms with van der Waals surface area (Å²) < 4.78 is 10.9. The molecule has 0 aliphatic heterocycles. The van der Waals surface area contributed by atoms with Crippen molar-refractivity contribution in [1.82, 2.24) is 0 Å². The summed E-state index contributed by atoms with van der Waals surface area (Å²) >= 11 is 0. The molecule has 3 rings (SSSR count). The molecule has 0 aliphatic carbocycles. The first-order valence-electron chi connectivity index (χ1n) is 21.6. The first-order valence-corrected chi connectivity index (χ1v) is 23.2. The van der Waals surface area contributed by atoms with Crippen molar-refractivity contribution in [2.24, 2.45) is 0 Å². The molecule has 0 spiro atoms. The summed E-state index contributed by atoms with van der Waals surface area (Å²) in [5.41, 5.74) is 6.64. The molecule has 4 N–H and O–H groups in total. The SMILES string of the molecule is CC.CC.CC.CC.CC.CC.CC.CC(=O)c1ccccc1.CC=O.CC=O.CCC.CCC.CC[NH3+].Cc1ccc(S(C)=O)cc1.Cc1ccccc1C(=O)O.[Cl-]. The maximum Gasteiger partial charge on any atom is 0.335 e. The monoisotopic (exact) mass is 878 g/mol. The van der Waals surface area contributed by atoms with E-state index in [1.165, 1.54) is 32.3 Å². The number of ketones is 1. The number of Topliss-reactive ketones (excluding diaryl/α,β-unsaturated/α-hetero) is 1. The van der Waals surface area contributed by atoms with Gasteiger partial charge in [-0.15, -0.1) is 0 Å². The number of carboxylic acids is 1. The Bertz CT molecular complexity index is 1100. The summed E-state index contributed by atoms with van der Waals surface area (Å²) in [5.74, 6) is -0.742. The predicted octanol–water partition coefficient (Wildman–Crippen LogP) is 12.0. The van der Waals surface area contributed by atoms with Crippen LogP contribution < -0.4 is 18.1 Å². The highest BCUT2D eigenvalue weighted by Crippen LogP contribution is 2.06. The normalized spacial score (nSPS) is 7.22. The maximum atomic E-state index is 10.9.